The molecule has 2 heterocycles. The molecule has 0 amide bonds. The van der Waals surface area contributed by atoms with Crippen molar-refractivity contribution < 1.29 is 9.47 Å². The summed E-state index contributed by atoms with van der Waals surface area (Å²) in [5.74, 6) is 2.14. The van der Waals surface area contributed by atoms with E-state index in [4.69, 9.17) is 15.2 Å². The first-order valence-corrected chi connectivity index (χ1v) is 5.62. The summed E-state index contributed by atoms with van der Waals surface area (Å²) in [6.07, 6.45) is 1.70. The van der Waals surface area contributed by atoms with Crippen molar-refractivity contribution in [3.8, 4) is 11.5 Å². The third-order valence-corrected chi connectivity index (χ3v) is 2.81. The fourth-order valence-corrected chi connectivity index (χ4v) is 1.83. The number of nitrogens with two attached hydrogens (primary N) is 1. The second-order valence-corrected chi connectivity index (χ2v) is 4.09. The normalized spacial score (nSPS) is 12.5. The Kier molecular flexibility index (Phi) is 2.44. The van der Waals surface area contributed by atoms with Crippen LogP contribution in [0.4, 0.5) is 17.2 Å². The van der Waals surface area contributed by atoms with E-state index < -0.39 is 0 Å². The summed E-state index contributed by atoms with van der Waals surface area (Å²) >= 11 is 0. The van der Waals surface area contributed by atoms with Crippen molar-refractivity contribution in [3.63, 3.8) is 0 Å². The molecule has 1 aromatic heterocycles. The number of nitrogens with zero attached hydrogens (tertiary/aromatic N) is 1. The second-order valence-electron chi connectivity index (χ2n) is 4.09. The van der Waals surface area contributed by atoms with Crippen LogP contribution in [0.25, 0.3) is 0 Å². The lowest BCUT2D eigenvalue weighted by molar-refractivity contribution is 0.174. The van der Waals surface area contributed by atoms with Crippen molar-refractivity contribution in [2.24, 2.45) is 0 Å². The largest absolute Gasteiger partial charge is 0.454 e. The van der Waals surface area contributed by atoms with E-state index in [1.807, 2.05) is 19.1 Å². The van der Waals surface area contributed by atoms with E-state index in [1.165, 1.54) is 0 Å². The molecule has 1 aliphatic heterocycles. The van der Waals surface area contributed by atoms with Crippen molar-refractivity contribution in [2.45, 2.75) is 6.92 Å². The molecule has 1 aliphatic rings. The summed E-state index contributed by atoms with van der Waals surface area (Å²) in [7, 11) is 0. The molecule has 0 saturated heterocycles. The summed E-state index contributed by atoms with van der Waals surface area (Å²) < 4.78 is 10.7. The van der Waals surface area contributed by atoms with Crippen molar-refractivity contribution in [1.29, 1.82) is 0 Å². The smallest absolute Gasteiger partial charge is 0.231 e. The van der Waals surface area contributed by atoms with Gasteiger partial charge in [-0.3, -0.25) is 0 Å². The zero-order valence-electron chi connectivity index (χ0n) is 9.93. The monoisotopic (exact) mass is 243 g/mol. The fourth-order valence-electron chi connectivity index (χ4n) is 1.83. The molecule has 0 spiro atoms. The highest BCUT2D eigenvalue weighted by Gasteiger charge is 2.16. The molecule has 5 heteroatoms. The number of benzene rings is 1. The zero-order valence-corrected chi connectivity index (χ0v) is 9.93. The number of nitrogen functional groups attached to an aromatic ring is 1. The molecule has 3 rings (SSSR count). The fraction of sp³-hybridized carbons (Fsp3) is 0.154. The maximum absolute atomic E-state index is 5.85. The number of hydrogen-bond acceptors (Lipinski definition) is 5. The average Bonchev–Trinajstić information content (AvgIpc) is 2.79. The number of nitrogens with one attached hydrogen (secondary N) is 1. The van der Waals surface area contributed by atoms with Gasteiger partial charge < -0.3 is 20.5 Å². The first kappa shape index (κ1) is 10.7. The predicted molar refractivity (Wildman–Crippen MR) is 69.2 cm³/mol. The Morgan fingerprint density at radius 1 is 1.28 bits per heavy atom. The van der Waals surface area contributed by atoms with E-state index in [0.29, 0.717) is 11.5 Å². The summed E-state index contributed by atoms with van der Waals surface area (Å²) in [6, 6.07) is 7.43. The Labute approximate surface area is 105 Å². The van der Waals surface area contributed by atoms with Gasteiger partial charge in [0.05, 0.1) is 5.69 Å². The minimum absolute atomic E-state index is 0.268. The number of fused-ring (bicyclic) bond motifs is 1. The highest BCUT2D eigenvalue weighted by Crippen LogP contribution is 2.37. The van der Waals surface area contributed by atoms with Gasteiger partial charge >= 0.3 is 0 Å². The molecular weight excluding hydrogens is 230 g/mol. The Hall–Kier alpha value is -2.43. The Morgan fingerprint density at radius 2 is 2.06 bits per heavy atom. The van der Waals surface area contributed by atoms with Crippen LogP contribution in [0.1, 0.15) is 5.56 Å². The standard InChI is InChI=1S/C13H13N3O2/c1-8-5-11-12(18-7-17-11)6-10(8)16-13-9(14)3-2-4-15-13/h2-6H,7,14H2,1H3,(H,15,16). The van der Waals surface area contributed by atoms with Gasteiger partial charge in [-0.15, -0.1) is 0 Å². The van der Waals surface area contributed by atoms with E-state index in [1.54, 1.807) is 18.3 Å². The summed E-state index contributed by atoms with van der Waals surface area (Å²) in [6.45, 7) is 2.26. The molecule has 0 fully saturated rings. The lowest BCUT2D eigenvalue weighted by atomic mass is 10.1. The van der Waals surface area contributed by atoms with Gasteiger partial charge in [0.25, 0.3) is 0 Å². The molecule has 5 nitrogen and oxygen atoms in total. The minimum atomic E-state index is 0.268. The number of ether oxygens (including phenoxy) is 2. The highest BCUT2D eigenvalue weighted by atomic mass is 16.7. The molecule has 0 aliphatic carbocycles. The van der Waals surface area contributed by atoms with Gasteiger partial charge in [-0.1, -0.05) is 0 Å². The lowest BCUT2D eigenvalue weighted by Gasteiger charge is -2.11. The van der Waals surface area contributed by atoms with Crippen molar-refractivity contribution in [3.05, 3.63) is 36.0 Å². The van der Waals surface area contributed by atoms with E-state index in [9.17, 15) is 0 Å². The van der Waals surface area contributed by atoms with Gasteiger partial charge in [0, 0.05) is 18.0 Å². The van der Waals surface area contributed by atoms with Crippen molar-refractivity contribution in [2.75, 3.05) is 17.8 Å². The van der Waals surface area contributed by atoms with Gasteiger partial charge in [-0.05, 0) is 30.7 Å². The topological polar surface area (TPSA) is 69.4 Å². The lowest BCUT2D eigenvalue weighted by Crippen LogP contribution is -1.99. The first-order valence-electron chi connectivity index (χ1n) is 5.62. The molecule has 92 valence electrons. The molecule has 18 heavy (non-hydrogen) atoms. The molecule has 1 aromatic carbocycles. The van der Waals surface area contributed by atoms with Gasteiger partial charge in [-0.25, -0.2) is 4.98 Å². The number of pyridine rings is 1. The molecule has 0 radical (unpaired) electrons. The van der Waals surface area contributed by atoms with Gasteiger partial charge in [-0.2, -0.15) is 0 Å². The van der Waals surface area contributed by atoms with Crippen LogP contribution in [0, 0.1) is 6.92 Å². The van der Waals surface area contributed by atoms with Crippen molar-refractivity contribution in [1.82, 2.24) is 4.98 Å². The van der Waals surface area contributed by atoms with Gasteiger partial charge in [0.2, 0.25) is 6.79 Å². The van der Waals surface area contributed by atoms with Crippen LogP contribution in [0.2, 0.25) is 0 Å². The quantitative estimate of drug-likeness (QED) is 0.847. The Bertz CT molecular complexity index is 599. The van der Waals surface area contributed by atoms with Gasteiger partial charge in [0.1, 0.15) is 0 Å². The molecule has 0 saturated carbocycles. The molecule has 0 bridgehead atoms. The summed E-state index contributed by atoms with van der Waals surface area (Å²) in [5, 5.41) is 3.20. The number of anilines is 3. The predicted octanol–water partition coefficient (Wildman–Crippen LogP) is 2.44. The SMILES string of the molecule is Cc1cc2c(cc1Nc1ncccc1N)OCO2. The van der Waals surface area contributed by atoms with Crippen LogP contribution in [-0.4, -0.2) is 11.8 Å². The summed E-state index contributed by atoms with van der Waals surface area (Å²) in [4.78, 5) is 4.20. The van der Waals surface area contributed by atoms with Gasteiger partial charge in [0.15, 0.2) is 17.3 Å². The van der Waals surface area contributed by atoms with E-state index >= 15 is 0 Å². The van der Waals surface area contributed by atoms with E-state index in [2.05, 4.69) is 10.3 Å². The van der Waals surface area contributed by atoms with Crippen LogP contribution in [-0.2, 0) is 0 Å². The molecule has 3 N–H and O–H groups in total. The maximum Gasteiger partial charge on any atom is 0.231 e. The molecular formula is C13H13N3O2. The molecule has 0 atom stereocenters. The van der Waals surface area contributed by atoms with Crippen LogP contribution in [0.3, 0.4) is 0 Å². The number of hydrogen-bond donors (Lipinski definition) is 2. The first-order chi connectivity index (χ1) is 8.74. The number of aromatic nitrogens is 1. The third-order valence-electron chi connectivity index (χ3n) is 2.81. The number of aryl methyl sites for hydroxylation is 1. The van der Waals surface area contributed by atoms with E-state index in [-0.39, 0.29) is 6.79 Å². The average molecular weight is 243 g/mol. The minimum Gasteiger partial charge on any atom is -0.454 e. The van der Waals surface area contributed by atoms with Crippen LogP contribution in [0.15, 0.2) is 30.5 Å². The van der Waals surface area contributed by atoms with Crippen LogP contribution >= 0.6 is 0 Å². The number of rotatable bonds is 2. The zero-order chi connectivity index (χ0) is 12.5. The second kappa shape index (κ2) is 4.10. The summed E-state index contributed by atoms with van der Waals surface area (Å²) in [5.41, 5.74) is 8.41. The Morgan fingerprint density at radius 3 is 2.83 bits per heavy atom. The van der Waals surface area contributed by atoms with Crippen molar-refractivity contribution >= 4 is 17.2 Å². The molecule has 0 unspecified atom stereocenters. The van der Waals surface area contributed by atoms with E-state index in [0.717, 1.165) is 22.7 Å². The van der Waals surface area contributed by atoms with Crippen LogP contribution in [0.5, 0.6) is 11.5 Å². The molecule has 2 aromatic rings. The Balaban J connectivity index is 1.96. The third kappa shape index (κ3) is 1.79. The highest BCUT2D eigenvalue weighted by molar-refractivity contribution is 5.72. The van der Waals surface area contributed by atoms with Crippen LogP contribution < -0.4 is 20.5 Å². The maximum atomic E-state index is 5.85.